The molecule has 1 saturated heterocycles. The van der Waals surface area contributed by atoms with Crippen LogP contribution in [0, 0.1) is 0 Å². The molecule has 0 saturated carbocycles. The zero-order valence-electron chi connectivity index (χ0n) is 14.8. The molecule has 0 radical (unpaired) electrons. The molecule has 0 aromatic carbocycles. The zero-order valence-corrected chi connectivity index (χ0v) is 14.8. The number of amides is 2. The van der Waals surface area contributed by atoms with E-state index in [4.69, 9.17) is 0 Å². The SMILES string of the molecule is CN(C)c1ccncc1C(=O)N[C@@H]1CC(=O)N(C)[C@H]1c1ccnn1C. The van der Waals surface area contributed by atoms with Crippen LogP contribution in [0.25, 0.3) is 0 Å². The van der Waals surface area contributed by atoms with Gasteiger partial charge in [-0.15, -0.1) is 0 Å². The highest BCUT2D eigenvalue weighted by Crippen LogP contribution is 2.32. The molecule has 0 spiro atoms. The topological polar surface area (TPSA) is 83.4 Å². The predicted octanol–water partition coefficient (Wildman–Crippen LogP) is 0.583. The lowest BCUT2D eigenvalue weighted by atomic mass is 10.0. The van der Waals surface area contributed by atoms with Gasteiger partial charge in [-0.3, -0.25) is 19.3 Å². The highest BCUT2D eigenvalue weighted by atomic mass is 16.2. The van der Waals surface area contributed by atoms with Crippen molar-refractivity contribution in [3.8, 4) is 0 Å². The molecule has 2 amide bonds. The van der Waals surface area contributed by atoms with E-state index in [2.05, 4.69) is 15.4 Å². The van der Waals surface area contributed by atoms with Crippen LogP contribution in [0.1, 0.15) is 28.5 Å². The van der Waals surface area contributed by atoms with Crippen LogP contribution in [0.3, 0.4) is 0 Å². The molecule has 1 aliphatic rings. The molecule has 2 atom stereocenters. The summed E-state index contributed by atoms with van der Waals surface area (Å²) in [5, 5.41) is 7.19. The first-order chi connectivity index (χ1) is 11.9. The fraction of sp³-hybridized carbons (Fsp3) is 0.412. The van der Waals surface area contributed by atoms with Gasteiger partial charge < -0.3 is 15.1 Å². The van der Waals surface area contributed by atoms with Gasteiger partial charge in [-0.1, -0.05) is 0 Å². The number of likely N-dealkylation sites (N-methyl/N-ethyl adjacent to an activating group) is 1. The van der Waals surface area contributed by atoms with Crippen LogP contribution >= 0.6 is 0 Å². The first-order valence-corrected chi connectivity index (χ1v) is 8.06. The highest BCUT2D eigenvalue weighted by molar-refractivity contribution is 6.00. The molecular weight excluding hydrogens is 320 g/mol. The number of pyridine rings is 1. The summed E-state index contributed by atoms with van der Waals surface area (Å²) in [6.07, 6.45) is 5.15. The van der Waals surface area contributed by atoms with Crippen LogP contribution < -0.4 is 10.2 Å². The molecule has 0 bridgehead atoms. The Morgan fingerprint density at radius 1 is 1.28 bits per heavy atom. The number of hydrogen-bond acceptors (Lipinski definition) is 5. The van der Waals surface area contributed by atoms with E-state index in [1.807, 2.05) is 32.1 Å². The second-order valence-electron chi connectivity index (χ2n) is 6.40. The van der Waals surface area contributed by atoms with Gasteiger partial charge in [0.25, 0.3) is 5.91 Å². The van der Waals surface area contributed by atoms with Crippen molar-refractivity contribution >= 4 is 17.5 Å². The lowest BCUT2D eigenvalue weighted by Crippen LogP contribution is -2.40. The van der Waals surface area contributed by atoms with Gasteiger partial charge in [0, 0.05) is 53.2 Å². The van der Waals surface area contributed by atoms with Crippen molar-refractivity contribution in [3.63, 3.8) is 0 Å². The Bertz CT molecular complexity index is 800. The molecular formula is C17H22N6O2. The molecule has 8 nitrogen and oxygen atoms in total. The van der Waals surface area contributed by atoms with Crippen LogP contribution in [0.5, 0.6) is 0 Å². The first-order valence-electron chi connectivity index (χ1n) is 8.06. The van der Waals surface area contributed by atoms with Gasteiger partial charge in [0.2, 0.25) is 5.91 Å². The van der Waals surface area contributed by atoms with Gasteiger partial charge in [0.15, 0.2) is 0 Å². The van der Waals surface area contributed by atoms with E-state index < -0.39 is 0 Å². The molecule has 1 fully saturated rings. The molecule has 0 unspecified atom stereocenters. The zero-order chi connectivity index (χ0) is 18.1. The van der Waals surface area contributed by atoms with Gasteiger partial charge >= 0.3 is 0 Å². The van der Waals surface area contributed by atoms with E-state index in [0.717, 1.165) is 11.4 Å². The van der Waals surface area contributed by atoms with Crippen LogP contribution in [0.15, 0.2) is 30.7 Å². The molecule has 1 aliphatic heterocycles. The minimum atomic E-state index is -0.324. The van der Waals surface area contributed by atoms with Crippen molar-refractivity contribution in [2.75, 3.05) is 26.0 Å². The number of carbonyl (C=O) groups is 2. The summed E-state index contributed by atoms with van der Waals surface area (Å²) in [5.74, 6) is -0.243. The summed E-state index contributed by atoms with van der Waals surface area (Å²) in [6.45, 7) is 0. The largest absolute Gasteiger partial charge is 0.377 e. The smallest absolute Gasteiger partial charge is 0.255 e. The number of likely N-dealkylation sites (tertiary alicyclic amines) is 1. The lowest BCUT2D eigenvalue weighted by molar-refractivity contribution is -0.127. The van der Waals surface area contributed by atoms with Crippen LogP contribution in [0.4, 0.5) is 5.69 Å². The highest BCUT2D eigenvalue weighted by Gasteiger charge is 2.41. The third-order valence-corrected chi connectivity index (χ3v) is 4.59. The van der Waals surface area contributed by atoms with Crippen molar-refractivity contribution < 1.29 is 9.59 Å². The number of carbonyl (C=O) groups excluding carboxylic acids is 2. The van der Waals surface area contributed by atoms with Crippen LogP contribution in [-0.2, 0) is 11.8 Å². The number of nitrogens with one attached hydrogen (secondary N) is 1. The van der Waals surface area contributed by atoms with Gasteiger partial charge in [0.1, 0.15) is 0 Å². The Morgan fingerprint density at radius 3 is 2.68 bits per heavy atom. The summed E-state index contributed by atoms with van der Waals surface area (Å²) in [6, 6.07) is 3.09. The Morgan fingerprint density at radius 2 is 2.04 bits per heavy atom. The number of anilines is 1. The molecule has 2 aromatic rings. The quantitative estimate of drug-likeness (QED) is 0.879. The lowest BCUT2D eigenvalue weighted by Gasteiger charge is -2.26. The van der Waals surface area contributed by atoms with E-state index >= 15 is 0 Å². The number of aryl methyl sites for hydroxylation is 1. The molecule has 1 N–H and O–H groups in total. The van der Waals surface area contributed by atoms with Crippen LogP contribution in [-0.4, -0.2) is 58.7 Å². The summed E-state index contributed by atoms with van der Waals surface area (Å²) in [4.78, 5) is 32.6. The van der Waals surface area contributed by atoms with Gasteiger partial charge in [-0.25, -0.2) is 0 Å². The number of nitrogens with zero attached hydrogens (tertiary/aromatic N) is 5. The third kappa shape index (κ3) is 3.07. The third-order valence-electron chi connectivity index (χ3n) is 4.59. The van der Waals surface area contributed by atoms with E-state index in [9.17, 15) is 9.59 Å². The van der Waals surface area contributed by atoms with Crippen molar-refractivity contribution in [2.45, 2.75) is 18.5 Å². The number of hydrogen-bond donors (Lipinski definition) is 1. The Hall–Kier alpha value is -2.90. The Labute approximate surface area is 146 Å². The average Bonchev–Trinajstić information content (AvgIpc) is 3.11. The minimum absolute atomic E-state index is 0.00415. The summed E-state index contributed by atoms with van der Waals surface area (Å²) >= 11 is 0. The van der Waals surface area contributed by atoms with Gasteiger partial charge in [-0.05, 0) is 12.1 Å². The van der Waals surface area contributed by atoms with E-state index in [-0.39, 0.29) is 30.3 Å². The fourth-order valence-electron chi connectivity index (χ4n) is 3.28. The van der Waals surface area contributed by atoms with E-state index in [1.165, 1.54) is 0 Å². The summed E-state index contributed by atoms with van der Waals surface area (Å²) < 4.78 is 1.73. The second kappa shape index (κ2) is 6.54. The standard InChI is InChI=1S/C17H22N6O2/c1-21(2)13-5-7-18-10-11(13)17(25)20-12-9-15(24)22(3)16(12)14-6-8-19-23(14)4/h5-8,10,12,16H,9H2,1-4H3,(H,20,25)/t12-,16-/m1/s1. The first kappa shape index (κ1) is 16.9. The number of rotatable bonds is 4. The summed E-state index contributed by atoms with van der Waals surface area (Å²) in [5.41, 5.74) is 2.15. The maximum absolute atomic E-state index is 12.8. The predicted molar refractivity (Wildman–Crippen MR) is 93.2 cm³/mol. The maximum Gasteiger partial charge on any atom is 0.255 e. The molecule has 132 valence electrons. The van der Waals surface area contributed by atoms with E-state index in [0.29, 0.717) is 5.56 Å². The van der Waals surface area contributed by atoms with E-state index in [1.54, 1.807) is 41.3 Å². The molecule has 3 rings (SSSR count). The molecule has 0 aliphatic carbocycles. The number of aromatic nitrogens is 3. The minimum Gasteiger partial charge on any atom is -0.377 e. The second-order valence-corrected chi connectivity index (χ2v) is 6.40. The molecule has 2 aromatic heterocycles. The maximum atomic E-state index is 12.8. The molecule has 3 heterocycles. The molecule has 8 heteroatoms. The molecule has 25 heavy (non-hydrogen) atoms. The Balaban J connectivity index is 1.87. The fourth-order valence-corrected chi connectivity index (χ4v) is 3.28. The van der Waals surface area contributed by atoms with Crippen LogP contribution in [0.2, 0.25) is 0 Å². The monoisotopic (exact) mass is 342 g/mol. The van der Waals surface area contributed by atoms with Gasteiger partial charge in [-0.2, -0.15) is 5.10 Å². The average molecular weight is 342 g/mol. The Kier molecular flexibility index (Phi) is 4.43. The van der Waals surface area contributed by atoms with Gasteiger partial charge in [0.05, 0.1) is 29.0 Å². The summed E-state index contributed by atoms with van der Waals surface area (Å²) in [7, 11) is 7.33. The normalized spacial score (nSPS) is 20.0. The van der Waals surface area contributed by atoms with Crippen molar-refractivity contribution in [3.05, 3.63) is 42.0 Å². The van der Waals surface area contributed by atoms with Crippen molar-refractivity contribution in [1.29, 1.82) is 0 Å². The van der Waals surface area contributed by atoms with Crippen molar-refractivity contribution in [1.82, 2.24) is 25.0 Å². The van der Waals surface area contributed by atoms with Crippen molar-refractivity contribution in [2.24, 2.45) is 7.05 Å².